The Morgan fingerprint density at radius 1 is 1.08 bits per heavy atom. The van der Waals surface area contributed by atoms with Crippen molar-refractivity contribution in [3.8, 4) is 0 Å². The van der Waals surface area contributed by atoms with E-state index in [0.29, 0.717) is 0 Å². The zero-order valence-corrected chi connectivity index (χ0v) is 9.93. The molecule has 2 unspecified atom stereocenters. The highest BCUT2D eigenvalue weighted by atomic mass is 16.3. The lowest BCUT2D eigenvalue weighted by Gasteiger charge is -2.26. The molecule has 0 radical (unpaired) electrons. The Morgan fingerprint density at radius 3 is 2.00 bits per heavy atom. The summed E-state index contributed by atoms with van der Waals surface area (Å²) in [6.07, 6.45) is 4.51. The molecule has 0 aromatic heterocycles. The van der Waals surface area contributed by atoms with Gasteiger partial charge in [-0.3, -0.25) is 0 Å². The molecule has 1 N–H and O–H groups in total. The average molecular weight is 186 g/mol. The summed E-state index contributed by atoms with van der Waals surface area (Å²) in [5.74, 6) is 0.766. The van der Waals surface area contributed by atoms with Crippen molar-refractivity contribution in [2.45, 2.75) is 66.4 Å². The van der Waals surface area contributed by atoms with Gasteiger partial charge >= 0.3 is 0 Å². The number of hydrogen-bond donors (Lipinski definition) is 1. The first kappa shape index (κ1) is 13.0. The van der Waals surface area contributed by atoms with E-state index in [0.717, 1.165) is 18.8 Å². The zero-order valence-electron chi connectivity index (χ0n) is 9.93. The standard InChI is InChI=1S/C12H26O/c1-6-7-10(2)8-9-11(13)12(3,4)5/h10-11,13H,6-9H2,1-5H3. The van der Waals surface area contributed by atoms with Gasteiger partial charge in [0, 0.05) is 0 Å². The van der Waals surface area contributed by atoms with Gasteiger partial charge in [-0.05, 0) is 24.2 Å². The maximum absolute atomic E-state index is 9.80. The van der Waals surface area contributed by atoms with E-state index in [1.807, 2.05) is 0 Å². The third-order valence-electron chi connectivity index (χ3n) is 2.71. The predicted molar refractivity (Wildman–Crippen MR) is 58.8 cm³/mol. The maximum atomic E-state index is 9.80. The number of aliphatic hydroxyl groups is 1. The van der Waals surface area contributed by atoms with Crippen molar-refractivity contribution in [2.75, 3.05) is 0 Å². The minimum atomic E-state index is -0.146. The van der Waals surface area contributed by atoms with Crippen LogP contribution in [0.4, 0.5) is 0 Å². The van der Waals surface area contributed by atoms with Crippen LogP contribution in [0, 0.1) is 11.3 Å². The third-order valence-corrected chi connectivity index (χ3v) is 2.71. The molecule has 0 rings (SSSR count). The van der Waals surface area contributed by atoms with Gasteiger partial charge in [0.05, 0.1) is 6.10 Å². The molecule has 0 aliphatic heterocycles. The van der Waals surface area contributed by atoms with E-state index in [1.165, 1.54) is 12.8 Å². The van der Waals surface area contributed by atoms with Gasteiger partial charge in [-0.2, -0.15) is 0 Å². The Bertz CT molecular complexity index is 124. The topological polar surface area (TPSA) is 20.2 Å². The van der Waals surface area contributed by atoms with Gasteiger partial charge in [0.1, 0.15) is 0 Å². The molecule has 13 heavy (non-hydrogen) atoms. The minimum absolute atomic E-state index is 0.0476. The summed E-state index contributed by atoms with van der Waals surface area (Å²) < 4.78 is 0. The van der Waals surface area contributed by atoms with Crippen molar-refractivity contribution in [2.24, 2.45) is 11.3 Å². The number of hydrogen-bond acceptors (Lipinski definition) is 1. The van der Waals surface area contributed by atoms with Gasteiger partial charge in [-0.25, -0.2) is 0 Å². The second-order valence-electron chi connectivity index (χ2n) is 5.35. The average Bonchev–Trinajstić information content (AvgIpc) is 1.99. The van der Waals surface area contributed by atoms with E-state index < -0.39 is 0 Å². The first-order valence-electron chi connectivity index (χ1n) is 5.56. The van der Waals surface area contributed by atoms with Crippen LogP contribution in [-0.4, -0.2) is 11.2 Å². The van der Waals surface area contributed by atoms with E-state index >= 15 is 0 Å². The summed E-state index contributed by atoms with van der Waals surface area (Å²) in [5, 5.41) is 9.80. The molecular formula is C12H26O. The monoisotopic (exact) mass is 186 g/mol. The lowest BCUT2D eigenvalue weighted by atomic mass is 9.84. The number of aliphatic hydroxyl groups excluding tert-OH is 1. The Morgan fingerprint density at radius 2 is 1.62 bits per heavy atom. The third kappa shape index (κ3) is 6.09. The summed E-state index contributed by atoms with van der Waals surface area (Å²) in [5.41, 5.74) is 0.0476. The van der Waals surface area contributed by atoms with Crippen LogP contribution in [0.15, 0.2) is 0 Å². The van der Waals surface area contributed by atoms with Gasteiger partial charge in [0.2, 0.25) is 0 Å². The summed E-state index contributed by atoms with van der Waals surface area (Å²) in [6.45, 7) is 10.8. The molecule has 1 nitrogen and oxygen atoms in total. The van der Waals surface area contributed by atoms with Gasteiger partial charge in [-0.1, -0.05) is 47.5 Å². The van der Waals surface area contributed by atoms with E-state index in [9.17, 15) is 5.11 Å². The summed E-state index contributed by atoms with van der Waals surface area (Å²) >= 11 is 0. The first-order chi connectivity index (χ1) is 5.88. The van der Waals surface area contributed by atoms with Crippen molar-refractivity contribution in [1.82, 2.24) is 0 Å². The molecule has 0 aromatic carbocycles. The summed E-state index contributed by atoms with van der Waals surface area (Å²) in [7, 11) is 0. The number of rotatable bonds is 5. The molecule has 80 valence electrons. The lowest BCUT2D eigenvalue weighted by Crippen LogP contribution is -2.26. The van der Waals surface area contributed by atoms with Crippen LogP contribution in [0.3, 0.4) is 0 Å². The Hall–Kier alpha value is -0.0400. The van der Waals surface area contributed by atoms with Crippen molar-refractivity contribution in [1.29, 1.82) is 0 Å². The SMILES string of the molecule is CCCC(C)CCC(O)C(C)(C)C. The van der Waals surface area contributed by atoms with Crippen molar-refractivity contribution in [3.63, 3.8) is 0 Å². The maximum Gasteiger partial charge on any atom is 0.0588 e. The van der Waals surface area contributed by atoms with Crippen LogP contribution < -0.4 is 0 Å². The smallest absolute Gasteiger partial charge is 0.0588 e. The fourth-order valence-corrected chi connectivity index (χ4v) is 1.51. The fraction of sp³-hybridized carbons (Fsp3) is 1.00. The van der Waals surface area contributed by atoms with Crippen LogP contribution in [0.5, 0.6) is 0 Å². The molecule has 0 aliphatic rings. The summed E-state index contributed by atoms with van der Waals surface area (Å²) in [4.78, 5) is 0. The molecule has 0 saturated heterocycles. The van der Waals surface area contributed by atoms with E-state index in [2.05, 4.69) is 34.6 Å². The molecule has 0 fully saturated rings. The van der Waals surface area contributed by atoms with Crippen LogP contribution >= 0.6 is 0 Å². The molecular weight excluding hydrogens is 160 g/mol. The highest BCUT2D eigenvalue weighted by Crippen LogP contribution is 2.25. The second-order valence-corrected chi connectivity index (χ2v) is 5.35. The van der Waals surface area contributed by atoms with Gasteiger partial charge in [-0.15, -0.1) is 0 Å². The van der Waals surface area contributed by atoms with Gasteiger partial charge in [0.25, 0.3) is 0 Å². The first-order valence-corrected chi connectivity index (χ1v) is 5.56. The lowest BCUT2D eigenvalue weighted by molar-refractivity contribution is 0.0502. The fourth-order valence-electron chi connectivity index (χ4n) is 1.51. The zero-order chi connectivity index (χ0) is 10.5. The molecule has 0 aliphatic carbocycles. The molecule has 1 heteroatoms. The molecule has 0 aromatic rings. The largest absolute Gasteiger partial charge is 0.393 e. The van der Waals surface area contributed by atoms with Crippen LogP contribution in [-0.2, 0) is 0 Å². The second kappa shape index (κ2) is 5.64. The van der Waals surface area contributed by atoms with Crippen LogP contribution in [0.2, 0.25) is 0 Å². The highest BCUT2D eigenvalue weighted by Gasteiger charge is 2.21. The van der Waals surface area contributed by atoms with Crippen molar-refractivity contribution < 1.29 is 5.11 Å². The van der Waals surface area contributed by atoms with E-state index in [-0.39, 0.29) is 11.5 Å². The molecule has 0 bridgehead atoms. The Balaban J connectivity index is 3.63. The normalized spacial score (nSPS) is 17.1. The highest BCUT2D eigenvalue weighted by molar-refractivity contribution is 4.73. The van der Waals surface area contributed by atoms with E-state index in [1.54, 1.807) is 0 Å². The quantitative estimate of drug-likeness (QED) is 0.695. The minimum Gasteiger partial charge on any atom is -0.393 e. The van der Waals surface area contributed by atoms with Gasteiger partial charge in [0.15, 0.2) is 0 Å². The molecule has 0 spiro atoms. The molecule has 0 heterocycles. The summed E-state index contributed by atoms with van der Waals surface area (Å²) in [6, 6.07) is 0. The van der Waals surface area contributed by atoms with Crippen molar-refractivity contribution in [3.05, 3.63) is 0 Å². The predicted octanol–water partition coefficient (Wildman–Crippen LogP) is 3.61. The Kier molecular flexibility index (Phi) is 5.62. The van der Waals surface area contributed by atoms with Crippen molar-refractivity contribution >= 4 is 0 Å². The van der Waals surface area contributed by atoms with Crippen LogP contribution in [0.25, 0.3) is 0 Å². The molecule has 2 atom stereocenters. The van der Waals surface area contributed by atoms with Gasteiger partial charge < -0.3 is 5.11 Å². The molecule has 0 amide bonds. The Labute approximate surface area is 83.5 Å². The van der Waals surface area contributed by atoms with Crippen LogP contribution in [0.1, 0.15) is 60.3 Å². The molecule has 0 saturated carbocycles. The van der Waals surface area contributed by atoms with E-state index in [4.69, 9.17) is 0 Å².